The molecule has 0 aliphatic rings. The predicted molar refractivity (Wildman–Crippen MR) is 82.8 cm³/mol. The zero-order chi connectivity index (χ0) is 15.0. The molecular weight excluding hydrogens is 250 g/mol. The Kier molecular flexibility index (Phi) is 7.31. The van der Waals surface area contributed by atoms with E-state index in [1.165, 1.54) is 18.2 Å². The summed E-state index contributed by atoms with van der Waals surface area (Å²) in [5.41, 5.74) is 2.60. The number of rotatable bonds is 8. The van der Waals surface area contributed by atoms with E-state index in [2.05, 4.69) is 50.4 Å². The fourth-order valence-corrected chi connectivity index (χ4v) is 2.10. The first-order valence-corrected chi connectivity index (χ1v) is 7.43. The first kappa shape index (κ1) is 16.7. The van der Waals surface area contributed by atoms with Crippen LogP contribution in [0.15, 0.2) is 24.3 Å². The summed E-state index contributed by atoms with van der Waals surface area (Å²) in [5, 5.41) is 3.46. The molecule has 3 heteroatoms. The summed E-state index contributed by atoms with van der Waals surface area (Å²) in [4.78, 5) is 11.5. The number of carbonyl (C=O) groups excluding carboxylic acids is 1. The summed E-state index contributed by atoms with van der Waals surface area (Å²) < 4.78 is 4.78. The Bertz CT molecular complexity index is 398. The van der Waals surface area contributed by atoms with Crippen LogP contribution in [0.4, 0.5) is 0 Å². The maximum absolute atomic E-state index is 11.5. The molecule has 1 aromatic carbocycles. The van der Waals surface area contributed by atoms with Gasteiger partial charge in [-0.15, -0.1) is 0 Å². The van der Waals surface area contributed by atoms with Gasteiger partial charge in [-0.05, 0) is 36.4 Å². The first-order valence-electron chi connectivity index (χ1n) is 7.43. The third-order valence-corrected chi connectivity index (χ3v) is 3.37. The van der Waals surface area contributed by atoms with Gasteiger partial charge >= 0.3 is 5.97 Å². The number of esters is 1. The Morgan fingerprint density at radius 1 is 1.20 bits per heavy atom. The van der Waals surface area contributed by atoms with Crippen LogP contribution < -0.4 is 5.32 Å². The highest BCUT2D eigenvalue weighted by molar-refractivity contribution is 5.70. The highest BCUT2D eigenvalue weighted by Crippen LogP contribution is 2.10. The van der Waals surface area contributed by atoms with Crippen molar-refractivity contribution in [2.75, 3.05) is 13.7 Å². The molecule has 0 aliphatic carbocycles. The molecule has 0 spiro atoms. The average molecular weight is 277 g/mol. The van der Waals surface area contributed by atoms with Gasteiger partial charge in [-0.25, -0.2) is 0 Å². The van der Waals surface area contributed by atoms with Crippen molar-refractivity contribution < 1.29 is 9.53 Å². The van der Waals surface area contributed by atoms with Crippen molar-refractivity contribution in [2.24, 2.45) is 5.92 Å². The summed E-state index contributed by atoms with van der Waals surface area (Å²) in [6, 6.07) is 8.76. The van der Waals surface area contributed by atoms with Gasteiger partial charge in [-0.1, -0.05) is 45.0 Å². The van der Waals surface area contributed by atoms with Crippen molar-refractivity contribution in [3.8, 4) is 0 Å². The molecule has 0 aromatic heterocycles. The largest absolute Gasteiger partial charge is 0.469 e. The molecule has 0 fully saturated rings. The van der Waals surface area contributed by atoms with Crippen LogP contribution in [-0.4, -0.2) is 25.7 Å². The molecule has 0 radical (unpaired) electrons. The van der Waals surface area contributed by atoms with Gasteiger partial charge in [-0.2, -0.15) is 0 Å². The maximum atomic E-state index is 11.5. The molecule has 1 aromatic rings. The van der Waals surface area contributed by atoms with E-state index in [-0.39, 0.29) is 12.0 Å². The normalized spacial score (nSPS) is 12.4. The Hall–Kier alpha value is -1.35. The number of carbonyl (C=O) groups is 1. The van der Waals surface area contributed by atoms with E-state index in [4.69, 9.17) is 4.74 Å². The Balaban J connectivity index is 2.63. The van der Waals surface area contributed by atoms with Crippen LogP contribution in [0.3, 0.4) is 0 Å². The van der Waals surface area contributed by atoms with Gasteiger partial charge in [0.1, 0.15) is 0 Å². The molecule has 20 heavy (non-hydrogen) atoms. The maximum Gasteiger partial charge on any atom is 0.307 e. The molecule has 0 aliphatic heterocycles. The van der Waals surface area contributed by atoms with Crippen LogP contribution >= 0.6 is 0 Å². The second-order valence-corrected chi connectivity index (χ2v) is 5.65. The monoisotopic (exact) mass is 277 g/mol. The molecule has 1 atom stereocenters. The zero-order valence-corrected chi connectivity index (χ0v) is 13.1. The van der Waals surface area contributed by atoms with Gasteiger partial charge in [0.05, 0.1) is 13.5 Å². The van der Waals surface area contributed by atoms with Crippen molar-refractivity contribution in [1.82, 2.24) is 5.32 Å². The average Bonchev–Trinajstić information content (AvgIpc) is 2.45. The highest BCUT2D eigenvalue weighted by Gasteiger charge is 2.15. The van der Waals surface area contributed by atoms with Crippen LogP contribution in [0.5, 0.6) is 0 Å². The second kappa shape index (κ2) is 8.75. The number of hydrogen-bond acceptors (Lipinski definition) is 3. The number of hydrogen-bond donors (Lipinski definition) is 1. The van der Waals surface area contributed by atoms with E-state index in [0.717, 1.165) is 19.4 Å². The molecule has 3 nitrogen and oxygen atoms in total. The van der Waals surface area contributed by atoms with E-state index in [1.54, 1.807) is 0 Å². The first-order chi connectivity index (χ1) is 9.55. The van der Waals surface area contributed by atoms with Crippen molar-refractivity contribution in [3.05, 3.63) is 35.4 Å². The molecule has 0 heterocycles. The van der Waals surface area contributed by atoms with Crippen molar-refractivity contribution in [2.45, 2.75) is 46.1 Å². The summed E-state index contributed by atoms with van der Waals surface area (Å²) in [7, 11) is 1.44. The van der Waals surface area contributed by atoms with Crippen LogP contribution in [0, 0.1) is 5.92 Å². The lowest BCUT2D eigenvalue weighted by atomic mass is 10.0. The Morgan fingerprint density at radius 2 is 1.80 bits per heavy atom. The summed E-state index contributed by atoms with van der Waals surface area (Å²) in [6.07, 6.45) is 2.32. The van der Waals surface area contributed by atoms with E-state index in [9.17, 15) is 4.79 Å². The number of methoxy groups -OCH3 is 1. The number of benzene rings is 1. The lowest BCUT2D eigenvalue weighted by Gasteiger charge is -2.19. The van der Waals surface area contributed by atoms with Crippen LogP contribution in [0.25, 0.3) is 0 Å². The fraction of sp³-hybridized carbons (Fsp3) is 0.588. The second-order valence-electron chi connectivity index (χ2n) is 5.65. The summed E-state index contributed by atoms with van der Waals surface area (Å²) >= 11 is 0. The molecule has 1 rings (SSSR count). The van der Waals surface area contributed by atoms with Crippen molar-refractivity contribution >= 4 is 5.97 Å². The van der Waals surface area contributed by atoms with Crippen molar-refractivity contribution in [1.29, 1.82) is 0 Å². The summed E-state index contributed by atoms with van der Waals surface area (Å²) in [6.45, 7) is 7.39. The Morgan fingerprint density at radius 3 is 2.30 bits per heavy atom. The van der Waals surface area contributed by atoms with Crippen LogP contribution in [-0.2, 0) is 22.4 Å². The van der Waals surface area contributed by atoms with Crippen LogP contribution in [0.2, 0.25) is 0 Å². The third kappa shape index (κ3) is 6.20. The lowest BCUT2D eigenvalue weighted by Crippen LogP contribution is -2.36. The van der Waals surface area contributed by atoms with Gasteiger partial charge in [-0.3, -0.25) is 4.79 Å². The highest BCUT2D eigenvalue weighted by atomic mass is 16.5. The SMILES string of the molecule is CCc1ccc(CC(CC(=O)OC)NCC(C)C)cc1. The molecule has 0 saturated carbocycles. The standard InChI is InChI=1S/C17H27NO2/c1-5-14-6-8-15(9-7-14)10-16(11-17(19)20-4)18-12-13(2)3/h6-9,13,16,18H,5,10-12H2,1-4H3. The smallest absolute Gasteiger partial charge is 0.307 e. The van der Waals surface area contributed by atoms with Gasteiger partial charge in [0.15, 0.2) is 0 Å². The molecular formula is C17H27NO2. The van der Waals surface area contributed by atoms with E-state index in [1.807, 2.05) is 0 Å². The van der Waals surface area contributed by atoms with Gasteiger partial charge in [0.25, 0.3) is 0 Å². The molecule has 1 unspecified atom stereocenters. The fourth-order valence-electron chi connectivity index (χ4n) is 2.10. The van der Waals surface area contributed by atoms with E-state index < -0.39 is 0 Å². The molecule has 1 N–H and O–H groups in total. The molecule has 0 saturated heterocycles. The Labute approximate surface area is 122 Å². The molecule has 112 valence electrons. The quantitative estimate of drug-likeness (QED) is 0.742. The van der Waals surface area contributed by atoms with Gasteiger partial charge < -0.3 is 10.1 Å². The minimum Gasteiger partial charge on any atom is -0.469 e. The minimum atomic E-state index is -0.156. The molecule has 0 bridgehead atoms. The third-order valence-electron chi connectivity index (χ3n) is 3.37. The number of aryl methyl sites for hydroxylation is 1. The minimum absolute atomic E-state index is 0.136. The summed E-state index contributed by atoms with van der Waals surface area (Å²) in [5.74, 6) is 0.411. The lowest BCUT2D eigenvalue weighted by molar-refractivity contribution is -0.141. The van der Waals surface area contributed by atoms with Gasteiger partial charge in [0, 0.05) is 6.04 Å². The number of ether oxygens (including phenoxy) is 1. The van der Waals surface area contributed by atoms with E-state index >= 15 is 0 Å². The topological polar surface area (TPSA) is 38.3 Å². The van der Waals surface area contributed by atoms with E-state index in [0.29, 0.717) is 12.3 Å². The van der Waals surface area contributed by atoms with Gasteiger partial charge in [0.2, 0.25) is 0 Å². The number of nitrogens with one attached hydrogen (secondary N) is 1. The van der Waals surface area contributed by atoms with Crippen molar-refractivity contribution in [3.63, 3.8) is 0 Å². The van der Waals surface area contributed by atoms with Crippen LogP contribution in [0.1, 0.15) is 38.3 Å². The molecule has 0 amide bonds. The zero-order valence-electron chi connectivity index (χ0n) is 13.1. The predicted octanol–water partition coefficient (Wildman–Crippen LogP) is 2.97.